The number of nitrogen functional groups attached to an aromatic ring is 1. The standard InChI is InChI=1S/C7H4BrClN2O2/c8-4-2-1-3(12-4)6-5(9)7(10)11-13-6/h1-2H,(H2,10,11). The van der Waals surface area contributed by atoms with E-state index in [1.165, 1.54) is 0 Å². The summed E-state index contributed by atoms with van der Waals surface area (Å²) in [4.78, 5) is 0. The first-order valence-corrected chi connectivity index (χ1v) is 4.52. The Morgan fingerprint density at radius 3 is 2.69 bits per heavy atom. The van der Waals surface area contributed by atoms with Crippen LogP contribution in [0, 0.1) is 0 Å². The molecule has 0 saturated carbocycles. The zero-order valence-corrected chi connectivity index (χ0v) is 8.59. The molecular formula is C7H4BrClN2O2. The third-order valence-electron chi connectivity index (χ3n) is 1.46. The van der Waals surface area contributed by atoms with E-state index in [0.717, 1.165) is 0 Å². The van der Waals surface area contributed by atoms with Crippen molar-refractivity contribution in [2.24, 2.45) is 0 Å². The fourth-order valence-electron chi connectivity index (χ4n) is 0.881. The number of nitrogens with zero attached hydrogens (tertiary/aromatic N) is 1. The van der Waals surface area contributed by atoms with Crippen molar-refractivity contribution in [3.63, 3.8) is 0 Å². The van der Waals surface area contributed by atoms with Crippen LogP contribution in [0.1, 0.15) is 0 Å². The Morgan fingerprint density at radius 1 is 1.46 bits per heavy atom. The van der Waals surface area contributed by atoms with E-state index >= 15 is 0 Å². The molecule has 2 heterocycles. The number of anilines is 1. The van der Waals surface area contributed by atoms with Crippen LogP contribution in [0.15, 0.2) is 25.7 Å². The second kappa shape index (κ2) is 3.08. The minimum absolute atomic E-state index is 0.157. The van der Waals surface area contributed by atoms with Crippen molar-refractivity contribution >= 4 is 33.3 Å². The summed E-state index contributed by atoms with van der Waals surface area (Å²) in [6.07, 6.45) is 0. The minimum Gasteiger partial charge on any atom is -0.446 e. The molecule has 0 aliphatic heterocycles. The summed E-state index contributed by atoms with van der Waals surface area (Å²) >= 11 is 8.95. The molecule has 0 radical (unpaired) electrons. The van der Waals surface area contributed by atoms with E-state index in [4.69, 9.17) is 26.3 Å². The van der Waals surface area contributed by atoms with E-state index in [2.05, 4.69) is 21.1 Å². The molecule has 0 aliphatic carbocycles. The highest BCUT2D eigenvalue weighted by atomic mass is 79.9. The summed E-state index contributed by atoms with van der Waals surface area (Å²) in [5.41, 5.74) is 5.39. The predicted molar refractivity (Wildman–Crippen MR) is 51.3 cm³/mol. The topological polar surface area (TPSA) is 65.2 Å². The lowest BCUT2D eigenvalue weighted by atomic mass is 10.3. The smallest absolute Gasteiger partial charge is 0.222 e. The van der Waals surface area contributed by atoms with E-state index in [1.54, 1.807) is 12.1 Å². The van der Waals surface area contributed by atoms with Gasteiger partial charge in [0.1, 0.15) is 5.02 Å². The van der Waals surface area contributed by atoms with Crippen molar-refractivity contribution in [2.45, 2.75) is 0 Å². The Bertz CT molecular complexity index is 437. The molecule has 0 fully saturated rings. The molecule has 4 nitrogen and oxygen atoms in total. The van der Waals surface area contributed by atoms with Gasteiger partial charge in [0, 0.05) is 0 Å². The highest BCUT2D eigenvalue weighted by molar-refractivity contribution is 9.10. The zero-order chi connectivity index (χ0) is 9.42. The predicted octanol–water partition coefficient (Wildman–Crippen LogP) is 2.93. The molecule has 2 aromatic rings. The van der Waals surface area contributed by atoms with Gasteiger partial charge in [0.2, 0.25) is 5.76 Å². The molecule has 0 unspecified atom stereocenters. The number of furan rings is 1. The van der Waals surface area contributed by atoms with Crippen LogP contribution in [0.2, 0.25) is 5.02 Å². The Morgan fingerprint density at radius 2 is 2.23 bits per heavy atom. The van der Waals surface area contributed by atoms with E-state index in [9.17, 15) is 0 Å². The summed E-state index contributed by atoms with van der Waals surface area (Å²) in [6, 6.07) is 3.43. The van der Waals surface area contributed by atoms with Gasteiger partial charge in [-0.15, -0.1) is 0 Å². The third kappa shape index (κ3) is 1.45. The lowest BCUT2D eigenvalue weighted by Crippen LogP contribution is -1.82. The molecule has 6 heteroatoms. The summed E-state index contributed by atoms with van der Waals surface area (Å²) in [5, 5.41) is 3.76. The maximum Gasteiger partial charge on any atom is 0.222 e. The van der Waals surface area contributed by atoms with Gasteiger partial charge in [-0.3, -0.25) is 0 Å². The zero-order valence-electron chi connectivity index (χ0n) is 6.25. The van der Waals surface area contributed by atoms with E-state index < -0.39 is 0 Å². The first-order chi connectivity index (χ1) is 6.18. The fourth-order valence-corrected chi connectivity index (χ4v) is 1.35. The molecular weight excluding hydrogens is 259 g/mol. The van der Waals surface area contributed by atoms with Crippen LogP contribution in [0.4, 0.5) is 5.82 Å². The minimum atomic E-state index is 0.157. The Kier molecular flexibility index (Phi) is 2.05. The van der Waals surface area contributed by atoms with Gasteiger partial charge < -0.3 is 14.7 Å². The number of hydrogen-bond acceptors (Lipinski definition) is 4. The molecule has 0 bridgehead atoms. The molecule has 13 heavy (non-hydrogen) atoms. The van der Waals surface area contributed by atoms with Crippen molar-refractivity contribution in [2.75, 3.05) is 5.73 Å². The Hall–Kier alpha value is -0.940. The van der Waals surface area contributed by atoms with Crippen molar-refractivity contribution in [1.29, 1.82) is 0 Å². The third-order valence-corrected chi connectivity index (χ3v) is 2.25. The van der Waals surface area contributed by atoms with Crippen LogP contribution in [-0.4, -0.2) is 5.16 Å². The largest absolute Gasteiger partial charge is 0.446 e. The normalized spacial score (nSPS) is 10.6. The molecule has 2 rings (SSSR count). The summed E-state index contributed by atoms with van der Waals surface area (Å²) in [5.74, 6) is 0.982. The Balaban J connectivity index is 2.52. The second-order valence-electron chi connectivity index (χ2n) is 2.31. The average molecular weight is 263 g/mol. The van der Waals surface area contributed by atoms with Gasteiger partial charge >= 0.3 is 0 Å². The van der Waals surface area contributed by atoms with Gasteiger partial charge in [-0.05, 0) is 28.1 Å². The maximum atomic E-state index is 5.80. The molecule has 0 amide bonds. The summed E-state index contributed by atoms with van der Waals surface area (Å²) in [6.45, 7) is 0. The molecule has 0 spiro atoms. The van der Waals surface area contributed by atoms with E-state index in [-0.39, 0.29) is 10.8 Å². The van der Waals surface area contributed by atoms with Crippen molar-refractivity contribution in [1.82, 2.24) is 5.16 Å². The molecule has 0 aliphatic rings. The molecule has 68 valence electrons. The van der Waals surface area contributed by atoms with Crippen molar-refractivity contribution < 1.29 is 8.94 Å². The quantitative estimate of drug-likeness (QED) is 0.859. The van der Waals surface area contributed by atoms with Crippen LogP contribution < -0.4 is 5.73 Å². The number of nitrogens with two attached hydrogens (primary N) is 1. The van der Waals surface area contributed by atoms with Gasteiger partial charge in [-0.25, -0.2) is 0 Å². The first-order valence-electron chi connectivity index (χ1n) is 3.35. The van der Waals surface area contributed by atoms with Gasteiger partial charge in [-0.1, -0.05) is 16.8 Å². The highest BCUT2D eigenvalue weighted by Gasteiger charge is 2.16. The maximum absolute atomic E-state index is 5.80. The second-order valence-corrected chi connectivity index (χ2v) is 3.47. The molecule has 2 N–H and O–H groups in total. The first kappa shape index (κ1) is 8.65. The van der Waals surface area contributed by atoms with Crippen LogP contribution in [0.25, 0.3) is 11.5 Å². The SMILES string of the molecule is Nc1noc(-c2ccc(Br)o2)c1Cl. The number of hydrogen-bond donors (Lipinski definition) is 1. The lowest BCUT2D eigenvalue weighted by molar-refractivity contribution is 0.418. The van der Waals surface area contributed by atoms with Crippen LogP contribution in [0.3, 0.4) is 0 Å². The van der Waals surface area contributed by atoms with Crippen molar-refractivity contribution in [3.05, 3.63) is 21.8 Å². The summed E-state index contributed by atoms with van der Waals surface area (Å²) in [7, 11) is 0. The molecule has 2 aromatic heterocycles. The van der Waals surface area contributed by atoms with Crippen molar-refractivity contribution in [3.8, 4) is 11.5 Å². The highest BCUT2D eigenvalue weighted by Crippen LogP contribution is 2.33. The van der Waals surface area contributed by atoms with Crippen LogP contribution in [-0.2, 0) is 0 Å². The fraction of sp³-hybridized carbons (Fsp3) is 0. The number of aromatic nitrogens is 1. The molecule has 0 aromatic carbocycles. The van der Waals surface area contributed by atoms with Gasteiger partial charge in [0.25, 0.3) is 0 Å². The van der Waals surface area contributed by atoms with Crippen LogP contribution >= 0.6 is 27.5 Å². The van der Waals surface area contributed by atoms with Crippen LogP contribution in [0.5, 0.6) is 0 Å². The monoisotopic (exact) mass is 262 g/mol. The molecule has 0 saturated heterocycles. The van der Waals surface area contributed by atoms with Gasteiger partial charge in [0.05, 0.1) is 0 Å². The Labute approximate surface area is 86.8 Å². The lowest BCUT2D eigenvalue weighted by Gasteiger charge is -1.88. The molecule has 0 atom stereocenters. The summed E-state index contributed by atoms with van der Waals surface area (Å²) < 4.78 is 10.7. The van der Waals surface area contributed by atoms with E-state index in [1.807, 2.05) is 0 Å². The number of halogens is 2. The van der Waals surface area contributed by atoms with Gasteiger partial charge in [-0.2, -0.15) is 0 Å². The van der Waals surface area contributed by atoms with E-state index in [0.29, 0.717) is 16.2 Å². The number of rotatable bonds is 1. The average Bonchev–Trinajstić information content (AvgIpc) is 2.62. The van der Waals surface area contributed by atoms with Gasteiger partial charge in [0.15, 0.2) is 16.2 Å².